The second kappa shape index (κ2) is 11.2. The molecule has 0 bridgehead atoms. The number of amides is 3. The molecule has 2 atom stereocenters. The number of aromatic nitrogens is 1. The Labute approximate surface area is 257 Å². The van der Waals surface area contributed by atoms with Crippen molar-refractivity contribution in [1.82, 2.24) is 23.8 Å². The molecule has 2 aromatic rings. The lowest BCUT2D eigenvalue weighted by molar-refractivity contribution is -0.144. The lowest BCUT2D eigenvalue weighted by atomic mass is 9.81. The Bertz CT molecular complexity index is 1770. The third-order valence-corrected chi connectivity index (χ3v) is 10.7. The summed E-state index contributed by atoms with van der Waals surface area (Å²) in [6.07, 6.45) is 10.1. The SMILES string of the molecule is COc1ccc(C2CCCCC2)c2c1cc1n2CC2=C(C(=O)NS(=O)(=O)N(C)C)C2=C2C=CC[C@H](NC(=O)C(=O)N(C)C)[C@@H]21. The normalized spacial score (nSPS) is 21.4. The van der Waals surface area contributed by atoms with Gasteiger partial charge < -0.3 is 19.5 Å². The highest BCUT2D eigenvalue weighted by atomic mass is 32.2. The van der Waals surface area contributed by atoms with Crippen LogP contribution in [-0.2, 0) is 31.1 Å². The molecule has 12 heteroatoms. The number of ether oxygens (including phenoxy) is 1. The van der Waals surface area contributed by atoms with Crippen LogP contribution < -0.4 is 14.8 Å². The summed E-state index contributed by atoms with van der Waals surface area (Å²) in [4.78, 5) is 40.3. The largest absolute Gasteiger partial charge is 0.496 e. The Morgan fingerprint density at radius 2 is 1.77 bits per heavy atom. The minimum absolute atomic E-state index is 0.353. The molecule has 1 saturated carbocycles. The van der Waals surface area contributed by atoms with E-state index in [0.29, 0.717) is 24.5 Å². The maximum Gasteiger partial charge on any atom is 0.311 e. The summed E-state index contributed by atoms with van der Waals surface area (Å²) in [6, 6.07) is 5.82. The molecule has 1 aromatic heterocycles. The van der Waals surface area contributed by atoms with Gasteiger partial charge in [-0.05, 0) is 59.6 Å². The number of nitrogens with one attached hydrogen (secondary N) is 2. The van der Waals surface area contributed by atoms with Gasteiger partial charge in [0.15, 0.2) is 0 Å². The van der Waals surface area contributed by atoms with Crippen LogP contribution in [0.3, 0.4) is 0 Å². The van der Waals surface area contributed by atoms with Crippen LogP contribution in [0.5, 0.6) is 5.75 Å². The summed E-state index contributed by atoms with van der Waals surface area (Å²) in [5, 5.41) is 3.93. The fourth-order valence-corrected chi connectivity index (χ4v) is 7.62. The van der Waals surface area contributed by atoms with Gasteiger partial charge in [-0.25, -0.2) is 4.72 Å². The Balaban J connectivity index is 1.54. The first kappa shape index (κ1) is 30.1. The summed E-state index contributed by atoms with van der Waals surface area (Å²) >= 11 is 0. The average Bonchev–Trinajstić information content (AvgIpc) is 3.63. The van der Waals surface area contributed by atoms with Gasteiger partial charge in [0.05, 0.1) is 18.2 Å². The van der Waals surface area contributed by atoms with Gasteiger partial charge in [0, 0.05) is 57.8 Å². The average molecular weight is 622 g/mol. The van der Waals surface area contributed by atoms with E-state index in [1.807, 2.05) is 18.2 Å². The van der Waals surface area contributed by atoms with E-state index in [0.717, 1.165) is 56.2 Å². The second-order valence-corrected chi connectivity index (χ2v) is 14.3. The highest BCUT2D eigenvalue weighted by Crippen LogP contribution is 2.54. The van der Waals surface area contributed by atoms with E-state index in [9.17, 15) is 22.8 Å². The van der Waals surface area contributed by atoms with Crippen LogP contribution >= 0.6 is 0 Å². The molecular formula is C32H39N5O6S. The molecule has 6 rings (SSSR count). The molecule has 1 aliphatic heterocycles. The van der Waals surface area contributed by atoms with Gasteiger partial charge in [0.25, 0.3) is 5.91 Å². The van der Waals surface area contributed by atoms with Crippen molar-refractivity contribution in [3.05, 3.63) is 63.9 Å². The molecule has 11 nitrogen and oxygen atoms in total. The summed E-state index contributed by atoms with van der Waals surface area (Å²) in [6.45, 7) is 0.372. The number of rotatable bonds is 6. The number of nitrogens with zero attached hydrogens (tertiary/aromatic N) is 3. The van der Waals surface area contributed by atoms with Crippen LogP contribution in [0.1, 0.15) is 61.6 Å². The van der Waals surface area contributed by atoms with Gasteiger partial charge in [0.1, 0.15) is 5.75 Å². The Kier molecular flexibility index (Phi) is 7.69. The zero-order valence-corrected chi connectivity index (χ0v) is 26.6. The predicted octanol–water partition coefficient (Wildman–Crippen LogP) is 2.86. The summed E-state index contributed by atoms with van der Waals surface area (Å²) < 4.78 is 36.4. The van der Waals surface area contributed by atoms with Crippen LogP contribution in [0.4, 0.5) is 0 Å². The summed E-state index contributed by atoms with van der Waals surface area (Å²) in [7, 11) is 3.44. The molecule has 2 heterocycles. The first-order chi connectivity index (χ1) is 20.9. The van der Waals surface area contributed by atoms with E-state index in [4.69, 9.17) is 4.74 Å². The zero-order chi connectivity index (χ0) is 31.5. The molecule has 2 N–H and O–H groups in total. The number of hydrogen-bond donors (Lipinski definition) is 2. The Hall–Kier alpha value is -3.90. The molecule has 0 spiro atoms. The molecule has 1 aromatic carbocycles. The van der Waals surface area contributed by atoms with E-state index >= 15 is 0 Å². The first-order valence-electron chi connectivity index (χ1n) is 15.1. The van der Waals surface area contributed by atoms with Crippen molar-refractivity contribution in [2.45, 2.75) is 62.9 Å². The van der Waals surface area contributed by atoms with Gasteiger partial charge in [-0.15, -0.1) is 0 Å². The minimum Gasteiger partial charge on any atom is -0.496 e. The van der Waals surface area contributed by atoms with Gasteiger partial charge in [-0.1, -0.05) is 37.5 Å². The van der Waals surface area contributed by atoms with Crippen molar-refractivity contribution in [2.24, 2.45) is 0 Å². The van der Waals surface area contributed by atoms with Crippen LogP contribution in [0, 0.1) is 0 Å². The number of hydrogen-bond acceptors (Lipinski definition) is 6. The van der Waals surface area contributed by atoms with Crippen molar-refractivity contribution in [2.75, 3.05) is 35.3 Å². The molecule has 3 amide bonds. The summed E-state index contributed by atoms with van der Waals surface area (Å²) in [5.41, 5.74) is 5.88. The smallest absolute Gasteiger partial charge is 0.311 e. The van der Waals surface area contributed by atoms with Crippen molar-refractivity contribution in [3.63, 3.8) is 0 Å². The predicted molar refractivity (Wildman–Crippen MR) is 166 cm³/mol. The number of likely N-dealkylation sites (N-methyl/N-ethyl adjacent to an activating group) is 1. The highest BCUT2D eigenvalue weighted by Gasteiger charge is 2.47. The maximum absolute atomic E-state index is 13.4. The Morgan fingerprint density at radius 1 is 1.05 bits per heavy atom. The monoisotopic (exact) mass is 621 g/mol. The molecule has 0 saturated heterocycles. The second-order valence-electron chi connectivity index (χ2n) is 12.4. The van der Waals surface area contributed by atoms with E-state index < -0.39 is 39.9 Å². The number of fused-ring (bicyclic) bond motifs is 6. The summed E-state index contributed by atoms with van der Waals surface area (Å²) in [5.74, 6) is -1.30. The van der Waals surface area contributed by atoms with Gasteiger partial charge in [0.2, 0.25) is 0 Å². The van der Waals surface area contributed by atoms with Crippen molar-refractivity contribution < 1.29 is 27.5 Å². The van der Waals surface area contributed by atoms with Crippen LogP contribution in [0.25, 0.3) is 10.9 Å². The lowest BCUT2D eigenvalue weighted by Gasteiger charge is -2.32. The van der Waals surface area contributed by atoms with Gasteiger partial charge in [-0.2, -0.15) is 12.7 Å². The molecule has 3 aliphatic carbocycles. The van der Waals surface area contributed by atoms with Crippen LogP contribution in [0.2, 0.25) is 0 Å². The maximum atomic E-state index is 13.4. The van der Waals surface area contributed by atoms with Crippen molar-refractivity contribution in [1.29, 1.82) is 0 Å². The molecule has 44 heavy (non-hydrogen) atoms. The zero-order valence-electron chi connectivity index (χ0n) is 25.8. The number of methoxy groups -OCH3 is 1. The first-order valence-corrected chi connectivity index (χ1v) is 16.5. The highest BCUT2D eigenvalue weighted by molar-refractivity contribution is 7.87. The van der Waals surface area contributed by atoms with E-state index in [2.05, 4.69) is 26.7 Å². The number of allylic oxidation sites excluding steroid dienone is 2. The standard InChI is InChI=1S/C32H39N5O6S/c1-35(2)32(40)31(39)33-23-13-9-12-20-26-22(28(26)30(38)34-44(41,42)36(3)4)17-37-24(27(20)23)16-21-25(43-5)15-14-19(29(21)37)18-10-7-6-8-11-18/h9,12,14-16,18,23,27H,6-8,10-11,13,17H2,1-5H3,(H,33,39)(H,34,38)/t23-,27+/m0/s1. The fourth-order valence-electron chi connectivity index (χ4n) is 7.10. The van der Waals surface area contributed by atoms with Crippen LogP contribution in [0.15, 0.2) is 52.6 Å². The third-order valence-electron chi connectivity index (χ3n) is 9.33. The third kappa shape index (κ3) is 5.03. The molecular weight excluding hydrogens is 582 g/mol. The van der Waals surface area contributed by atoms with Crippen molar-refractivity contribution in [3.8, 4) is 5.75 Å². The molecule has 1 fully saturated rings. The lowest BCUT2D eigenvalue weighted by Crippen LogP contribution is -2.47. The fraction of sp³-hybridized carbons (Fsp3) is 0.469. The van der Waals surface area contributed by atoms with Gasteiger partial charge >= 0.3 is 22.0 Å². The molecule has 234 valence electrons. The number of carbonyl (C=O) groups is 3. The van der Waals surface area contributed by atoms with Crippen molar-refractivity contribution >= 4 is 38.8 Å². The molecule has 0 radical (unpaired) electrons. The van der Waals surface area contributed by atoms with Crippen LogP contribution in [-0.4, -0.2) is 81.3 Å². The van der Waals surface area contributed by atoms with E-state index in [1.165, 1.54) is 57.9 Å². The number of carbonyl (C=O) groups excluding carboxylic acids is 3. The molecule has 0 unspecified atom stereocenters. The topological polar surface area (TPSA) is 130 Å². The van der Waals surface area contributed by atoms with E-state index in [-0.39, 0.29) is 0 Å². The quantitative estimate of drug-likeness (QED) is 0.478. The Morgan fingerprint density at radius 3 is 2.43 bits per heavy atom. The van der Waals surface area contributed by atoms with Gasteiger partial charge in [-0.3, -0.25) is 14.4 Å². The number of benzene rings is 1. The minimum atomic E-state index is -4.01. The molecule has 4 aliphatic rings. The van der Waals surface area contributed by atoms with E-state index in [1.54, 1.807) is 7.11 Å².